The number of hydrogen-bond acceptors (Lipinski definition) is 3. The third-order valence-electron chi connectivity index (χ3n) is 3.57. The molecule has 0 atom stereocenters. The van der Waals surface area contributed by atoms with E-state index in [0.717, 1.165) is 33.9 Å². The number of ether oxygens (including phenoxy) is 1. The van der Waals surface area contributed by atoms with Gasteiger partial charge in [0.05, 0.1) is 11.6 Å². The SMILES string of the molecule is Cc1cc(Oc2ccc(C#N)c(C)c2)c(C(C)C)cc1N. The van der Waals surface area contributed by atoms with Crippen LogP contribution in [0, 0.1) is 25.2 Å². The maximum atomic E-state index is 8.98. The highest BCUT2D eigenvalue weighted by atomic mass is 16.5. The summed E-state index contributed by atoms with van der Waals surface area (Å²) in [5, 5.41) is 8.98. The summed E-state index contributed by atoms with van der Waals surface area (Å²) in [6, 6.07) is 11.6. The van der Waals surface area contributed by atoms with Crippen LogP contribution in [0.4, 0.5) is 5.69 Å². The third-order valence-corrected chi connectivity index (χ3v) is 3.57. The normalized spacial score (nSPS) is 10.5. The number of aryl methyl sites for hydroxylation is 2. The van der Waals surface area contributed by atoms with Crippen molar-refractivity contribution in [3.63, 3.8) is 0 Å². The summed E-state index contributed by atoms with van der Waals surface area (Å²) < 4.78 is 6.02. The molecular weight excluding hydrogens is 260 g/mol. The molecule has 0 fully saturated rings. The number of benzene rings is 2. The lowest BCUT2D eigenvalue weighted by atomic mass is 9.99. The molecule has 0 heterocycles. The molecule has 21 heavy (non-hydrogen) atoms. The van der Waals surface area contributed by atoms with Crippen molar-refractivity contribution in [2.24, 2.45) is 0 Å². The van der Waals surface area contributed by atoms with Crippen molar-refractivity contribution in [1.82, 2.24) is 0 Å². The Morgan fingerprint density at radius 2 is 1.81 bits per heavy atom. The predicted molar refractivity (Wildman–Crippen MR) is 85.6 cm³/mol. The minimum Gasteiger partial charge on any atom is -0.457 e. The summed E-state index contributed by atoms with van der Waals surface area (Å²) >= 11 is 0. The zero-order valence-corrected chi connectivity index (χ0v) is 12.9. The van der Waals surface area contributed by atoms with Crippen LogP contribution in [-0.2, 0) is 0 Å². The van der Waals surface area contributed by atoms with Gasteiger partial charge in [-0.15, -0.1) is 0 Å². The standard InChI is InChI=1S/C18H20N2O/c1-11(2)16-9-17(20)13(4)8-18(16)21-15-6-5-14(10-19)12(3)7-15/h5-9,11H,20H2,1-4H3. The van der Waals surface area contributed by atoms with E-state index in [-0.39, 0.29) is 0 Å². The molecule has 0 radical (unpaired) electrons. The molecule has 2 rings (SSSR count). The number of nitriles is 1. The van der Waals surface area contributed by atoms with Gasteiger partial charge >= 0.3 is 0 Å². The Balaban J connectivity index is 2.42. The second kappa shape index (κ2) is 5.88. The van der Waals surface area contributed by atoms with Gasteiger partial charge in [0, 0.05) is 5.69 Å². The van der Waals surface area contributed by atoms with Crippen LogP contribution in [0.15, 0.2) is 30.3 Å². The fourth-order valence-electron chi connectivity index (χ4n) is 2.21. The van der Waals surface area contributed by atoms with E-state index < -0.39 is 0 Å². The average molecular weight is 280 g/mol. The van der Waals surface area contributed by atoms with E-state index in [1.807, 2.05) is 38.1 Å². The van der Waals surface area contributed by atoms with Crippen LogP contribution in [0.3, 0.4) is 0 Å². The maximum absolute atomic E-state index is 8.98. The average Bonchev–Trinajstić information content (AvgIpc) is 2.42. The van der Waals surface area contributed by atoms with E-state index in [4.69, 9.17) is 15.7 Å². The highest BCUT2D eigenvalue weighted by Gasteiger charge is 2.12. The van der Waals surface area contributed by atoms with Crippen molar-refractivity contribution in [3.8, 4) is 17.6 Å². The van der Waals surface area contributed by atoms with Gasteiger partial charge in [0.1, 0.15) is 11.5 Å². The largest absolute Gasteiger partial charge is 0.457 e. The molecule has 3 heteroatoms. The second-order valence-electron chi connectivity index (χ2n) is 5.59. The maximum Gasteiger partial charge on any atom is 0.131 e. The van der Waals surface area contributed by atoms with Gasteiger partial charge < -0.3 is 10.5 Å². The van der Waals surface area contributed by atoms with E-state index in [9.17, 15) is 0 Å². The molecule has 0 spiro atoms. The Bertz CT molecular complexity index is 712. The quantitative estimate of drug-likeness (QED) is 0.831. The Hall–Kier alpha value is -2.47. The number of anilines is 1. The smallest absolute Gasteiger partial charge is 0.131 e. The lowest BCUT2D eigenvalue weighted by Gasteiger charge is -2.16. The molecule has 2 aromatic carbocycles. The van der Waals surface area contributed by atoms with Crippen LogP contribution in [0.5, 0.6) is 11.5 Å². The first-order valence-corrected chi connectivity index (χ1v) is 7.01. The fraction of sp³-hybridized carbons (Fsp3) is 0.278. The summed E-state index contributed by atoms with van der Waals surface area (Å²) in [5.74, 6) is 1.88. The molecule has 0 aliphatic heterocycles. The number of nitrogen functional groups attached to an aromatic ring is 1. The van der Waals surface area contributed by atoms with Crippen molar-refractivity contribution in [2.75, 3.05) is 5.73 Å². The molecule has 2 aromatic rings. The Morgan fingerprint density at radius 1 is 1.10 bits per heavy atom. The van der Waals surface area contributed by atoms with E-state index in [1.54, 1.807) is 6.07 Å². The monoisotopic (exact) mass is 280 g/mol. The second-order valence-corrected chi connectivity index (χ2v) is 5.59. The first kappa shape index (κ1) is 14.9. The first-order chi connectivity index (χ1) is 9.92. The molecule has 0 amide bonds. The van der Waals surface area contributed by atoms with Crippen LogP contribution in [-0.4, -0.2) is 0 Å². The lowest BCUT2D eigenvalue weighted by molar-refractivity contribution is 0.472. The van der Waals surface area contributed by atoms with Crippen molar-refractivity contribution in [1.29, 1.82) is 5.26 Å². The minimum atomic E-state index is 0.322. The van der Waals surface area contributed by atoms with Gasteiger partial charge in [-0.05, 0) is 66.8 Å². The molecule has 0 bridgehead atoms. The van der Waals surface area contributed by atoms with Gasteiger partial charge in [0.15, 0.2) is 0 Å². The molecule has 0 aliphatic rings. The molecule has 0 aromatic heterocycles. The number of hydrogen-bond donors (Lipinski definition) is 1. The highest BCUT2D eigenvalue weighted by molar-refractivity contribution is 5.56. The molecule has 108 valence electrons. The molecule has 0 aliphatic carbocycles. The Kier molecular flexibility index (Phi) is 4.18. The molecule has 0 unspecified atom stereocenters. The zero-order valence-electron chi connectivity index (χ0n) is 12.9. The molecule has 3 nitrogen and oxygen atoms in total. The number of rotatable bonds is 3. The van der Waals surface area contributed by atoms with Gasteiger partial charge in [0.2, 0.25) is 0 Å². The van der Waals surface area contributed by atoms with Crippen LogP contribution < -0.4 is 10.5 Å². The van der Waals surface area contributed by atoms with Gasteiger partial charge in [-0.3, -0.25) is 0 Å². The number of nitrogens with zero attached hydrogens (tertiary/aromatic N) is 1. The van der Waals surface area contributed by atoms with Gasteiger partial charge in [0.25, 0.3) is 0 Å². The highest BCUT2D eigenvalue weighted by Crippen LogP contribution is 2.34. The number of nitrogens with two attached hydrogens (primary N) is 1. The topological polar surface area (TPSA) is 59.0 Å². The van der Waals surface area contributed by atoms with E-state index >= 15 is 0 Å². The zero-order chi connectivity index (χ0) is 15.6. The van der Waals surface area contributed by atoms with E-state index in [2.05, 4.69) is 19.9 Å². The first-order valence-electron chi connectivity index (χ1n) is 7.01. The van der Waals surface area contributed by atoms with Crippen LogP contribution >= 0.6 is 0 Å². The van der Waals surface area contributed by atoms with Crippen LogP contribution in [0.1, 0.15) is 42.0 Å². The molecular formula is C18H20N2O. The van der Waals surface area contributed by atoms with Crippen LogP contribution in [0.25, 0.3) is 0 Å². The molecule has 0 saturated heterocycles. The van der Waals surface area contributed by atoms with E-state index in [1.165, 1.54) is 0 Å². The summed E-state index contributed by atoms with van der Waals surface area (Å²) in [6.45, 7) is 8.10. The van der Waals surface area contributed by atoms with Crippen molar-refractivity contribution < 1.29 is 4.74 Å². The van der Waals surface area contributed by atoms with Crippen molar-refractivity contribution >= 4 is 5.69 Å². The summed E-state index contributed by atoms with van der Waals surface area (Å²) in [5.41, 5.74) is 10.4. The van der Waals surface area contributed by atoms with Gasteiger partial charge in [-0.25, -0.2) is 0 Å². The van der Waals surface area contributed by atoms with Crippen molar-refractivity contribution in [2.45, 2.75) is 33.6 Å². The minimum absolute atomic E-state index is 0.322. The van der Waals surface area contributed by atoms with E-state index in [0.29, 0.717) is 11.5 Å². The predicted octanol–water partition coefficient (Wildman–Crippen LogP) is 4.67. The summed E-state index contributed by atoms with van der Waals surface area (Å²) in [6.07, 6.45) is 0. The van der Waals surface area contributed by atoms with Crippen LogP contribution in [0.2, 0.25) is 0 Å². The molecule has 0 saturated carbocycles. The van der Waals surface area contributed by atoms with Gasteiger partial charge in [-0.2, -0.15) is 5.26 Å². The summed E-state index contributed by atoms with van der Waals surface area (Å²) in [4.78, 5) is 0. The fourth-order valence-corrected chi connectivity index (χ4v) is 2.21. The Morgan fingerprint density at radius 3 is 2.38 bits per heavy atom. The Labute approximate surface area is 126 Å². The molecule has 2 N–H and O–H groups in total. The summed E-state index contributed by atoms with van der Waals surface area (Å²) in [7, 11) is 0. The van der Waals surface area contributed by atoms with Gasteiger partial charge in [-0.1, -0.05) is 13.8 Å². The van der Waals surface area contributed by atoms with Crippen molar-refractivity contribution in [3.05, 3.63) is 52.6 Å². The third kappa shape index (κ3) is 3.17. The lowest BCUT2D eigenvalue weighted by Crippen LogP contribution is -1.99.